The average Bonchev–Trinajstić information content (AvgIpc) is 3.04. The maximum Gasteiger partial charge on any atom is 0.338 e. The second-order valence-electron chi connectivity index (χ2n) is 6.44. The minimum absolute atomic E-state index is 0.166. The third kappa shape index (κ3) is 5.45. The minimum atomic E-state index is -1.000. The van der Waals surface area contributed by atoms with Gasteiger partial charge in [-0.3, -0.25) is 0 Å². The molecular weight excluding hydrogens is 366 g/mol. The number of aromatic carboxylic acids is 1. The van der Waals surface area contributed by atoms with Crippen LogP contribution < -0.4 is 16.0 Å². The lowest BCUT2D eigenvalue weighted by Gasteiger charge is -2.23. The molecular formula is C19H23N3O4S. The Hall–Kier alpha value is -2.58. The molecule has 1 aromatic carbocycles. The Balaban J connectivity index is 1.60. The lowest BCUT2D eigenvalue weighted by atomic mass is 10.2. The first-order valence-corrected chi connectivity index (χ1v) is 9.68. The molecule has 2 aromatic rings. The molecule has 0 saturated carbocycles. The van der Waals surface area contributed by atoms with E-state index in [1.165, 1.54) is 11.3 Å². The molecule has 4 N–H and O–H groups in total. The Morgan fingerprint density at radius 1 is 1.30 bits per heavy atom. The van der Waals surface area contributed by atoms with E-state index in [0.717, 1.165) is 29.7 Å². The van der Waals surface area contributed by atoms with E-state index in [9.17, 15) is 14.7 Å². The monoisotopic (exact) mass is 389 g/mol. The number of hydrogen-bond donors (Lipinski definition) is 4. The quantitative estimate of drug-likeness (QED) is 0.598. The summed E-state index contributed by atoms with van der Waals surface area (Å²) in [5.41, 5.74) is 1.96. The molecule has 1 fully saturated rings. The van der Waals surface area contributed by atoms with Gasteiger partial charge in [-0.2, -0.15) is 0 Å². The van der Waals surface area contributed by atoms with Crippen molar-refractivity contribution in [3.05, 3.63) is 46.3 Å². The SMILES string of the molecule is Cc1cccc(NC(=O)NCc2cc(C(=O)O)c(NC3CCCCO3)s2)c1. The molecule has 1 aliphatic heterocycles. The van der Waals surface area contributed by atoms with Crippen molar-refractivity contribution in [3.63, 3.8) is 0 Å². The van der Waals surface area contributed by atoms with Crippen LogP contribution in [-0.4, -0.2) is 29.9 Å². The Labute approximate surface area is 161 Å². The first kappa shape index (κ1) is 19.2. The van der Waals surface area contributed by atoms with E-state index in [-0.39, 0.29) is 24.4 Å². The zero-order chi connectivity index (χ0) is 19.2. The molecule has 3 rings (SSSR count). The highest BCUT2D eigenvalue weighted by Gasteiger charge is 2.20. The number of aryl methyl sites for hydroxylation is 1. The van der Waals surface area contributed by atoms with Crippen LogP contribution in [-0.2, 0) is 11.3 Å². The van der Waals surface area contributed by atoms with E-state index in [2.05, 4.69) is 16.0 Å². The number of carboxylic acid groups (broad SMARTS) is 1. The highest BCUT2D eigenvalue weighted by Crippen LogP contribution is 2.30. The lowest BCUT2D eigenvalue weighted by molar-refractivity contribution is 0.0344. The fourth-order valence-corrected chi connectivity index (χ4v) is 3.89. The molecule has 7 nitrogen and oxygen atoms in total. The molecule has 27 heavy (non-hydrogen) atoms. The Bertz CT molecular complexity index is 815. The van der Waals surface area contributed by atoms with E-state index >= 15 is 0 Å². The van der Waals surface area contributed by atoms with Gasteiger partial charge in [-0.05, 0) is 49.9 Å². The second-order valence-corrected chi connectivity index (χ2v) is 7.57. The van der Waals surface area contributed by atoms with E-state index in [1.807, 2.05) is 31.2 Å². The molecule has 0 spiro atoms. The van der Waals surface area contributed by atoms with Crippen molar-refractivity contribution in [1.29, 1.82) is 0 Å². The Morgan fingerprint density at radius 3 is 2.85 bits per heavy atom. The van der Waals surface area contributed by atoms with Gasteiger partial charge >= 0.3 is 12.0 Å². The van der Waals surface area contributed by atoms with Crippen molar-refractivity contribution in [2.75, 3.05) is 17.2 Å². The first-order valence-electron chi connectivity index (χ1n) is 8.87. The van der Waals surface area contributed by atoms with Gasteiger partial charge in [0.2, 0.25) is 0 Å². The van der Waals surface area contributed by atoms with Gasteiger partial charge in [-0.1, -0.05) is 12.1 Å². The first-order chi connectivity index (χ1) is 13.0. The molecule has 1 aliphatic rings. The molecule has 2 amide bonds. The summed E-state index contributed by atoms with van der Waals surface area (Å²) in [5, 5.41) is 18.7. The largest absolute Gasteiger partial charge is 0.478 e. The summed E-state index contributed by atoms with van der Waals surface area (Å²) in [4.78, 5) is 24.3. The topological polar surface area (TPSA) is 99.7 Å². The summed E-state index contributed by atoms with van der Waals surface area (Å²) in [7, 11) is 0. The zero-order valence-electron chi connectivity index (χ0n) is 15.1. The Morgan fingerprint density at radius 2 is 2.15 bits per heavy atom. The molecule has 0 radical (unpaired) electrons. The fraction of sp³-hybridized carbons (Fsp3) is 0.368. The number of nitrogens with one attached hydrogen (secondary N) is 3. The third-order valence-corrected chi connectivity index (χ3v) is 5.25. The minimum Gasteiger partial charge on any atom is -0.478 e. The lowest BCUT2D eigenvalue weighted by Crippen LogP contribution is -2.27. The van der Waals surface area contributed by atoms with Crippen molar-refractivity contribution >= 4 is 34.0 Å². The van der Waals surface area contributed by atoms with Gasteiger partial charge in [0.25, 0.3) is 0 Å². The van der Waals surface area contributed by atoms with E-state index < -0.39 is 5.97 Å². The van der Waals surface area contributed by atoms with Crippen molar-refractivity contribution in [1.82, 2.24) is 5.32 Å². The summed E-state index contributed by atoms with van der Waals surface area (Å²) in [6.07, 6.45) is 2.77. The maximum absolute atomic E-state index is 12.1. The zero-order valence-corrected chi connectivity index (χ0v) is 15.9. The summed E-state index contributed by atoms with van der Waals surface area (Å²) in [5.74, 6) is -1.000. The number of ether oxygens (including phenoxy) is 1. The standard InChI is InChI=1S/C19H23N3O4S/c1-12-5-4-6-13(9-12)21-19(25)20-11-14-10-15(18(23)24)17(27-14)22-16-7-2-3-8-26-16/h4-6,9-10,16,22H,2-3,7-8,11H2,1H3,(H,23,24)(H2,20,21,25). The fourth-order valence-electron chi connectivity index (χ4n) is 2.86. The molecule has 0 aliphatic carbocycles. The molecule has 1 aromatic heterocycles. The van der Waals surface area contributed by atoms with Gasteiger partial charge in [0, 0.05) is 17.2 Å². The number of rotatable bonds is 6. The highest BCUT2D eigenvalue weighted by atomic mass is 32.1. The molecule has 0 bridgehead atoms. The summed E-state index contributed by atoms with van der Waals surface area (Å²) in [6, 6.07) is 8.76. The van der Waals surface area contributed by atoms with Gasteiger partial charge in [-0.25, -0.2) is 9.59 Å². The molecule has 144 valence electrons. The van der Waals surface area contributed by atoms with Crippen LogP contribution in [0.3, 0.4) is 0 Å². The van der Waals surface area contributed by atoms with Gasteiger partial charge in [0.1, 0.15) is 11.2 Å². The van der Waals surface area contributed by atoms with Crippen molar-refractivity contribution in [2.24, 2.45) is 0 Å². The van der Waals surface area contributed by atoms with E-state index in [4.69, 9.17) is 4.74 Å². The van der Waals surface area contributed by atoms with Crippen molar-refractivity contribution in [2.45, 2.75) is 39.0 Å². The number of carboxylic acids is 1. The number of hydrogen-bond acceptors (Lipinski definition) is 5. The van der Waals surface area contributed by atoms with Crippen molar-refractivity contribution < 1.29 is 19.4 Å². The number of carbonyl (C=O) groups is 2. The molecule has 1 atom stereocenters. The predicted octanol–water partition coefficient (Wildman–Crippen LogP) is 4.01. The number of benzene rings is 1. The van der Waals surface area contributed by atoms with E-state index in [1.54, 1.807) is 6.07 Å². The average molecular weight is 389 g/mol. The van der Waals surface area contributed by atoms with Crippen LogP contribution in [0.15, 0.2) is 30.3 Å². The van der Waals surface area contributed by atoms with Gasteiger partial charge in [0.05, 0.1) is 12.1 Å². The van der Waals surface area contributed by atoms with Crippen molar-refractivity contribution in [3.8, 4) is 0 Å². The van der Waals surface area contributed by atoms with Crippen LogP contribution in [0.2, 0.25) is 0 Å². The highest BCUT2D eigenvalue weighted by molar-refractivity contribution is 7.16. The molecule has 1 saturated heterocycles. The van der Waals surface area contributed by atoms with E-state index in [0.29, 0.717) is 17.3 Å². The summed E-state index contributed by atoms with van der Waals surface area (Å²) >= 11 is 1.32. The number of thiophene rings is 1. The van der Waals surface area contributed by atoms with Crippen LogP contribution >= 0.6 is 11.3 Å². The number of urea groups is 1. The number of anilines is 2. The number of amides is 2. The Kier molecular flexibility index (Phi) is 6.31. The van der Waals surface area contributed by atoms with Crippen LogP contribution in [0.4, 0.5) is 15.5 Å². The second kappa shape index (κ2) is 8.88. The van der Waals surface area contributed by atoms with Crippen LogP contribution in [0.25, 0.3) is 0 Å². The van der Waals surface area contributed by atoms with Gasteiger partial charge in [-0.15, -0.1) is 11.3 Å². The molecule has 2 heterocycles. The smallest absolute Gasteiger partial charge is 0.338 e. The number of carbonyl (C=O) groups excluding carboxylic acids is 1. The normalized spacial score (nSPS) is 16.6. The molecule has 1 unspecified atom stereocenters. The third-order valence-electron chi connectivity index (χ3n) is 4.18. The van der Waals surface area contributed by atoms with Gasteiger partial charge in [0.15, 0.2) is 0 Å². The van der Waals surface area contributed by atoms with Crippen LogP contribution in [0.5, 0.6) is 0 Å². The van der Waals surface area contributed by atoms with Gasteiger partial charge < -0.3 is 25.8 Å². The predicted molar refractivity (Wildman–Crippen MR) is 106 cm³/mol. The van der Waals surface area contributed by atoms with Crippen LogP contribution in [0, 0.1) is 6.92 Å². The maximum atomic E-state index is 12.1. The molecule has 8 heteroatoms. The summed E-state index contributed by atoms with van der Waals surface area (Å²) < 4.78 is 5.62. The summed E-state index contributed by atoms with van der Waals surface area (Å²) in [6.45, 7) is 2.88. The van der Waals surface area contributed by atoms with Crippen LogP contribution in [0.1, 0.15) is 40.1 Å².